The summed E-state index contributed by atoms with van der Waals surface area (Å²) >= 11 is 1.50. The van der Waals surface area contributed by atoms with Crippen molar-refractivity contribution in [1.29, 1.82) is 0 Å². The second-order valence-corrected chi connectivity index (χ2v) is 14.4. The highest BCUT2D eigenvalue weighted by molar-refractivity contribution is 8.16. The third-order valence-corrected chi connectivity index (χ3v) is 10.9. The Kier molecular flexibility index (Phi) is 9.54. The molecule has 3 N–H and O–H groups in total. The minimum atomic E-state index is -0.832. The predicted molar refractivity (Wildman–Crippen MR) is 197 cm³/mol. The van der Waals surface area contributed by atoms with Crippen molar-refractivity contribution < 1.29 is 19.5 Å². The molecule has 1 fully saturated rings. The summed E-state index contributed by atoms with van der Waals surface area (Å²) in [6, 6.07) is 16.3. The Morgan fingerprint density at radius 3 is 2.70 bits per heavy atom. The third-order valence-electron chi connectivity index (χ3n) is 9.61. The summed E-state index contributed by atoms with van der Waals surface area (Å²) in [6.45, 7) is 4.77. The van der Waals surface area contributed by atoms with E-state index < -0.39 is 5.97 Å². The number of piperidine rings is 1. The monoisotopic (exact) mass is 692 g/mol. The largest absolute Gasteiger partial charge is 0.480 e. The van der Waals surface area contributed by atoms with Crippen LogP contribution in [-0.2, 0) is 27.3 Å². The molecule has 2 aromatic carbocycles. The molecule has 3 aliphatic rings. The first-order valence-electron chi connectivity index (χ1n) is 16.8. The number of anilines is 3. The number of nitrogens with zero attached hydrogens (tertiary/aromatic N) is 6. The molecule has 0 saturated carbocycles. The number of thioether (sulfide) groups is 1. The normalized spacial score (nSPS) is 18.5. The van der Waals surface area contributed by atoms with Crippen LogP contribution in [0.4, 0.5) is 17.2 Å². The molecule has 12 nitrogen and oxygen atoms in total. The van der Waals surface area contributed by atoms with Gasteiger partial charge in [0.2, 0.25) is 5.91 Å². The van der Waals surface area contributed by atoms with Gasteiger partial charge in [-0.05, 0) is 71.8 Å². The number of likely N-dealkylation sites (N-methyl/N-ethyl adjacent to an activating group) is 1. The molecule has 4 aromatic rings. The molecule has 7 rings (SSSR count). The third kappa shape index (κ3) is 6.80. The van der Waals surface area contributed by atoms with Crippen molar-refractivity contribution in [3.05, 3.63) is 77.6 Å². The second kappa shape index (κ2) is 14.2. The van der Waals surface area contributed by atoms with Gasteiger partial charge in [0.15, 0.2) is 10.9 Å². The van der Waals surface area contributed by atoms with Gasteiger partial charge in [0.05, 0.1) is 19.1 Å². The quantitative estimate of drug-likeness (QED) is 0.223. The number of benzene rings is 2. The van der Waals surface area contributed by atoms with Crippen molar-refractivity contribution >= 4 is 62.7 Å². The molecule has 5 heterocycles. The number of hydrogen-bond donors (Lipinski definition) is 3. The van der Waals surface area contributed by atoms with Crippen LogP contribution >= 0.6 is 11.8 Å². The predicted octanol–water partition coefficient (Wildman–Crippen LogP) is 4.09. The number of carboxylic acid groups (broad SMARTS) is 1. The highest BCUT2D eigenvalue weighted by Gasteiger charge is 2.40. The summed E-state index contributed by atoms with van der Waals surface area (Å²) in [5, 5.41) is 17.5. The Balaban J connectivity index is 1.08. The van der Waals surface area contributed by atoms with Gasteiger partial charge in [-0.2, -0.15) is 0 Å². The lowest BCUT2D eigenvalue weighted by molar-refractivity contribution is -0.138. The van der Waals surface area contributed by atoms with Gasteiger partial charge in [-0.3, -0.25) is 29.3 Å². The van der Waals surface area contributed by atoms with E-state index >= 15 is 0 Å². The van der Waals surface area contributed by atoms with Crippen molar-refractivity contribution in [3.8, 4) is 11.1 Å². The lowest BCUT2D eigenvalue weighted by Crippen LogP contribution is -2.45. The number of carbonyl (C=O) groups excluding carboxylic acids is 2. The summed E-state index contributed by atoms with van der Waals surface area (Å²) < 4.78 is 0. The number of amides is 2. The Morgan fingerprint density at radius 2 is 1.88 bits per heavy atom. The fourth-order valence-electron chi connectivity index (χ4n) is 6.97. The number of hydrogen-bond acceptors (Lipinski definition) is 10. The molecule has 3 aliphatic heterocycles. The first-order valence-corrected chi connectivity index (χ1v) is 17.7. The zero-order chi connectivity index (χ0) is 34.9. The number of carbonyl (C=O) groups is 3. The SMILES string of the molecule is Cc1c(Nc2nccc3cc(CNCC(=O)N(C)C)cnc23)cccc1-c1cccc2c1CCN2C(=O)C1=NC2CCN(CC(=O)O)CC2S1. The molecule has 2 aromatic heterocycles. The van der Waals surface area contributed by atoms with E-state index in [1.54, 1.807) is 25.2 Å². The van der Waals surface area contributed by atoms with Crippen molar-refractivity contribution in [3.63, 3.8) is 0 Å². The summed E-state index contributed by atoms with van der Waals surface area (Å²) in [4.78, 5) is 56.5. The number of fused-ring (bicyclic) bond motifs is 3. The number of likely N-dealkylation sites (tertiary alicyclic amines) is 1. The van der Waals surface area contributed by atoms with Crippen LogP contribution in [0, 0.1) is 6.92 Å². The van der Waals surface area contributed by atoms with Crippen LogP contribution in [0.5, 0.6) is 0 Å². The van der Waals surface area contributed by atoms with Crippen LogP contribution in [0.3, 0.4) is 0 Å². The number of nitrogens with one attached hydrogen (secondary N) is 2. The maximum absolute atomic E-state index is 13.8. The molecule has 2 unspecified atom stereocenters. The number of pyridine rings is 2. The number of aromatic nitrogens is 2. The molecule has 0 aliphatic carbocycles. The Hall–Kier alpha value is -4.85. The van der Waals surface area contributed by atoms with Gasteiger partial charge in [-0.25, -0.2) is 4.98 Å². The minimum Gasteiger partial charge on any atom is -0.480 e. The van der Waals surface area contributed by atoms with Gasteiger partial charge in [-0.1, -0.05) is 36.0 Å². The van der Waals surface area contributed by atoms with Gasteiger partial charge >= 0.3 is 5.97 Å². The van der Waals surface area contributed by atoms with Gasteiger partial charge in [0.1, 0.15) is 5.52 Å². The lowest BCUT2D eigenvalue weighted by atomic mass is 9.93. The van der Waals surface area contributed by atoms with Crippen LogP contribution < -0.4 is 15.5 Å². The van der Waals surface area contributed by atoms with E-state index in [-0.39, 0.29) is 36.2 Å². The molecule has 13 heteroatoms. The van der Waals surface area contributed by atoms with E-state index in [9.17, 15) is 19.5 Å². The van der Waals surface area contributed by atoms with Gasteiger partial charge < -0.3 is 25.5 Å². The van der Waals surface area contributed by atoms with E-state index in [4.69, 9.17) is 9.98 Å². The number of aliphatic carboxylic acids is 1. The van der Waals surface area contributed by atoms with Crippen LogP contribution in [-0.4, -0.2) is 106 Å². The molecule has 0 radical (unpaired) electrons. The summed E-state index contributed by atoms with van der Waals surface area (Å²) in [6.07, 6.45) is 5.07. The molecule has 2 amide bonds. The van der Waals surface area contributed by atoms with Crippen LogP contribution in [0.1, 0.15) is 23.1 Å². The Bertz CT molecular complexity index is 2020. The van der Waals surface area contributed by atoms with Crippen molar-refractivity contribution in [1.82, 2.24) is 25.1 Å². The van der Waals surface area contributed by atoms with E-state index in [1.165, 1.54) is 11.8 Å². The Morgan fingerprint density at radius 1 is 1.06 bits per heavy atom. The molecule has 1 saturated heterocycles. The average molecular weight is 693 g/mol. The van der Waals surface area contributed by atoms with Crippen molar-refractivity contribution in [2.24, 2.45) is 4.99 Å². The van der Waals surface area contributed by atoms with Crippen LogP contribution in [0.15, 0.2) is 65.9 Å². The van der Waals surface area contributed by atoms with Gasteiger partial charge in [-0.15, -0.1) is 0 Å². The second-order valence-electron chi connectivity index (χ2n) is 13.2. The summed E-state index contributed by atoms with van der Waals surface area (Å²) in [5.41, 5.74) is 7.91. The van der Waals surface area contributed by atoms with Crippen LogP contribution in [0.2, 0.25) is 0 Å². The number of aliphatic imine (C=N–C) groups is 1. The topological polar surface area (TPSA) is 143 Å². The van der Waals surface area contributed by atoms with E-state index in [0.29, 0.717) is 37.0 Å². The fraction of sp³-hybridized carbons (Fsp3) is 0.351. The van der Waals surface area contributed by atoms with E-state index in [0.717, 1.165) is 62.9 Å². The first-order chi connectivity index (χ1) is 24.2. The highest BCUT2D eigenvalue weighted by atomic mass is 32.2. The summed E-state index contributed by atoms with van der Waals surface area (Å²) in [5.74, 6) is -0.237. The lowest BCUT2D eigenvalue weighted by Gasteiger charge is -2.32. The number of rotatable bonds is 10. The zero-order valence-electron chi connectivity index (χ0n) is 28.3. The molecule has 0 bridgehead atoms. The van der Waals surface area contributed by atoms with Crippen LogP contribution in [0.25, 0.3) is 22.0 Å². The van der Waals surface area contributed by atoms with Gasteiger partial charge in [0, 0.05) is 74.7 Å². The zero-order valence-corrected chi connectivity index (χ0v) is 29.2. The summed E-state index contributed by atoms with van der Waals surface area (Å²) in [7, 11) is 3.48. The van der Waals surface area contributed by atoms with Gasteiger partial charge in [0.25, 0.3) is 5.91 Å². The fourth-order valence-corrected chi connectivity index (χ4v) is 8.30. The van der Waals surface area contributed by atoms with E-state index in [2.05, 4.69) is 40.7 Å². The molecular formula is C37H40N8O4S. The molecule has 2 atom stereocenters. The average Bonchev–Trinajstić information content (AvgIpc) is 3.73. The maximum Gasteiger partial charge on any atom is 0.317 e. The maximum atomic E-state index is 13.8. The minimum absolute atomic E-state index is 0.0160. The Labute approximate surface area is 295 Å². The standard InChI is InChI=1S/C37H40N8O4S/c1-22-25(6-4-8-28(22)41-35-34-24(10-13-39-35)16-23(18-40-34)17-38-19-32(46)43(2)3)26-7-5-9-30-27(26)11-15-45(30)37(49)36-42-29-12-14-44(21-33(47)48)20-31(29)50-36/h4-10,13,16,18,29,31,38H,11-12,14-15,17,19-21H2,1-3H3,(H,39,41)(H,47,48). The molecular weight excluding hydrogens is 653 g/mol. The molecule has 50 heavy (non-hydrogen) atoms. The van der Waals surface area contributed by atoms with Crippen molar-refractivity contribution in [2.75, 3.05) is 57.0 Å². The smallest absolute Gasteiger partial charge is 0.317 e. The first kappa shape index (κ1) is 33.6. The molecule has 0 spiro atoms. The van der Waals surface area contributed by atoms with Crippen molar-refractivity contribution in [2.45, 2.75) is 37.6 Å². The molecule has 258 valence electrons. The van der Waals surface area contributed by atoms with E-state index in [1.807, 2.05) is 46.3 Å². The number of carboxylic acids is 1. The highest BCUT2D eigenvalue weighted by Crippen LogP contribution is 2.41.